The number of nitrogens with one attached hydrogen (secondary N) is 2. The first kappa shape index (κ1) is 16.2. The lowest BCUT2D eigenvalue weighted by Crippen LogP contribution is -2.43. The molecule has 1 saturated carbocycles. The minimum Gasteiger partial charge on any atom is -0.463 e. The van der Waals surface area contributed by atoms with Crippen molar-refractivity contribution >= 4 is 11.8 Å². The largest absolute Gasteiger partial charge is 0.463 e. The highest BCUT2D eigenvalue weighted by Gasteiger charge is 2.41. The molecule has 134 valence electrons. The molecular formula is C18H24N4O3. The zero-order valence-electron chi connectivity index (χ0n) is 14.6. The van der Waals surface area contributed by atoms with Crippen molar-refractivity contribution in [3.8, 4) is 11.5 Å². The van der Waals surface area contributed by atoms with Gasteiger partial charge in [0.15, 0.2) is 5.76 Å². The van der Waals surface area contributed by atoms with Gasteiger partial charge in [0.1, 0.15) is 11.5 Å². The fraction of sp³-hybridized carbons (Fsp3) is 0.556. The van der Waals surface area contributed by atoms with E-state index in [9.17, 15) is 4.79 Å². The van der Waals surface area contributed by atoms with Crippen LogP contribution < -0.4 is 10.6 Å². The number of carbonyl (C=O) groups is 1. The predicted molar refractivity (Wildman–Crippen MR) is 93.3 cm³/mol. The monoisotopic (exact) mass is 344 g/mol. The second-order valence-electron chi connectivity index (χ2n) is 7.10. The number of urea groups is 1. The standard InChI is InChI=1S/C18H24N4O3/c1-11(2)22-16(10-14(21-22)15-4-3-8-24-15)20-18(23)19-13-7-9-25-17(13)12-5-6-12/h3-4,8,10-13,17H,5-7,9H2,1-2H3,(H2,19,20,23)/t13-,17-/m1/s1. The zero-order valence-corrected chi connectivity index (χ0v) is 14.6. The number of anilines is 1. The molecule has 0 radical (unpaired) electrons. The van der Waals surface area contributed by atoms with Crippen molar-refractivity contribution in [1.29, 1.82) is 0 Å². The van der Waals surface area contributed by atoms with E-state index in [0.29, 0.717) is 23.2 Å². The summed E-state index contributed by atoms with van der Waals surface area (Å²) in [5.74, 6) is 1.95. The third-order valence-electron chi connectivity index (χ3n) is 4.78. The molecule has 25 heavy (non-hydrogen) atoms. The van der Waals surface area contributed by atoms with Gasteiger partial charge in [-0.15, -0.1) is 0 Å². The van der Waals surface area contributed by atoms with Gasteiger partial charge in [-0.1, -0.05) is 0 Å². The Morgan fingerprint density at radius 1 is 1.36 bits per heavy atom. The summed E-state index contributed by atoms with van der Waals surface area (Å²) in [6.07, 6.45) is 5.06. The lowest BCUT2D eigenvalue weighted by atomic mass is 10.1. The van der Waals surface area contributed by atoms with Crippen LogP contribution in [0.2, 0.25) is 0 Å². The maximum absolute atomic E-state index is 12.5. The van der Waals surface area contributed by atoms with E-state index in [2.05, 4.69) is 15.7 Å². The molecule has 0 spiro atoms. The average molecular weight is 344 g/mol. The Labute approximate surface area is 146 Å². The summed E-state index contributed by atoms with van der Waals surface area (Å²) in [7, 11) is 0. The molecule has 2 aliphatic rings. The van der Waals surface area contributed by atoms with Crippen LogP contribution in [0.5, 0.6) is 0 Å². The zero-order chi connectivity index (χ0) is 17.4. The van der Waals surface area contributed by atoms with Crippen LogP contribution >= 0.6 is 0 Å². The molecule has 1 aliphatic heterocycles. The molecule has 2 aromatic heterocycles. The van der Waals surface area contributed by atoms with Crippen LogP contribution in [0.3, 0.4) is 0 Å². The molecule has 2 amide bonds. The molecule has 0 bridgehead atoms. The topological polar surface area (TPSA) is 81.3 Å². The van der Waals surface area contributed by atoms with Crippen LogP contribution in [-0.4, -0.2) is 34.6 Å². The Bertz CT molecular complexity index is 734. The fourth-order valence-corrected chi connectivity index (χ4v) is 3.40. The number of hydrogen-bond acceptors (Lipinski definition) is 4. The number of rotatable bonds is 5. The lowest BCUT2D eigenvalue weighted by Gasteiger charge is -2.20. The van der Waals surface area contributed by atoms with E-state index < -0.39 is 0 Å². The second-order valence-corrected chi connectivity index (χ2v) is 7.10. The van der Waals surface area contributed by atoms with Crippen LogP contribution in [0.1, 0.15) is 39.2 Å². The first-order valence-corrected chi connectivity index (χ1v) is 8.94. The number of aromatic nitrogens is 2. The van der Waals surface area contributed by atoms with Crippen molar-refractivity contribution in [2.24, 2.45) is 5.92 Å². The predicted octanol–water partition coefficient (Wildman–Crippen LogP) is 3.41. The Morgan fingerprint density at radius 3 is 2.88 bits per heavy atom. The highest BCUT2D eigenvalue weighted by molar-refractivity contribution is 5.89. The van der Waals surface area contributed by atoms with Crippen molar-refractivity contribution < 1.29 is 13.9 Å². The summed E-state index contributed by atoms with van der Waals surface area (Å²) >= 11 is 0. The minimum atomic E-state index is -0.214. The molecule has 2 aromatic rings. The Kier molecular flexibility index (Phi) is 4.25. The van der Waals surface area contributed by atoms with Gasteiger partial charge in [-0.3, -0.25) is 5.32 Å². The van der Waals surface area contributed by atoms with E-state index in [4.69, 9.17) is 9.15 Å². The van der Waals surface area contributed by atoms with Gasteiger partial charge in [-0.05, 0) is 51.2 Å². The van der Waals surface area contributed by atoms with Crippen molar-refractivity contribution in [2.45, 2.75) is 51.3 Å². The summed E-state index contributed by atoms with van der Waals surface area (Å²) in [5, 5.41) is 10.5. The van der Waals surface area contributed by atoms with E-state index in [-0.39, 0.29) is 24.2 Å². The van der Waals surface area contributed by atoms with Gasteiger partial charge in [0, 0.05) is 18.7 Å². The molecular weight excluding hydrogens is 320 g/mol. The molecule has 7 heteroatoms. The third-order valence-corrected chi connectivity index (χ3v) is 4.78. The Hall–Kier alpha value is -2.28. The van der Waals surface area contributed by atoms with Crippen LogP contribution in [-0.2, 0) is 4.74 Å². The summed E-state index contributed by atoms with van der Waals surface area (Å²) in [4.78, 5) is 12.5. The number of amides is 2. The Balaban J connectivity index is 1.46. The summed E-state index contributed by atoms with van der Waals surface area (Å²) in [6, 6.07) is 5.51. The molecule has 1 aliphatic carbocycles. The first-order valence-electron chi connectivity index (χ1n) is 8.94. The smallest absolute Gasteiger partial charge is 0.320 e. The molecule has 0 aromatic carbocycles. The van der Waals surface area contributed by atoms with Gasteiger partial charge >= 0.3 is 6.03 Å². The van der Waals surface area contributed by atoms with E-state index in [1.54, 1.807) is 10.9 Å². The molecule has 4 rings (SSSR count). The number of nitrogens with zero attached hydrogens (tertiary/aromatic N) is 2. The van der Waals surface area contributed by atoms with Gasteiger partial charge in [-0.25, -0.2) is 9.48 Å². The first-order chi connectivity index (χ1) is 12.1. The molecule has 2 atom stereocenters. The number of furan rings is 1. The maximum atomic E-state index is 12.5. The van der Waals surface area contributed by atoms with Gasteiger partial charge in [0.2, 0.25) is 0 Å². The fourth-order valence-electron chi connectivity index (χ4n) is 3.40. The van der Waals surface area contributed by atoms with Gasteiger partial charge in [-0.2, -0.15) is 5.10 Å². The number of hydrogen-bond donors (Lipinski definition) is 2. The highest BCUT2D eigenvalue weighted by atomic mass is 16.5. The van der Waals surface area contributed by atoms with E-state index in [1.807, 2.05) is 32.0 Å². The van der Waals surface area contributed by atoms with Crippen LogP contribution in [0.15, 0.2) is 28.9 Å². The van der Waals surface area contributed by atoms with Gasteiger partial charge < -0.3 is 14.5 Å². The van der Waals surface area contributed by atoms with Crippen LogP contribution in [0.4, 0.5) is 10.6 Å². The Morgan fingerprint density at radius 2 is 2.20 bits per heavy atom. The van der Waals surface area contributed by atoms with Crippen molar-refractivity contribution in [2.75, 3.05) is 11.9 Å². The lowest BCUT2D eigenvalue weighted by molar-refractivity contribution is 0.0829. The SMILES string of the molecule is CC(C)n1nc(-c2ccco2)cc1NC(=O)N[C@@H]1CCO[C@@H]1C1CC1. The average Bonchev–Trinajstić information content (AvgIpc) is 3.01. The minimum absolute atomic E-state index is 0.0902. The normalized spacial score (nSPS) is 23.2. The summed E-state index contributed by atoms with van der Waals surface area (Å²) in [5.41, 5.74) is 0.703. The molecule has 3 heterocycles. The van der Waals surface area contributed by atoms with Crippen LogP contribution in [0, 0.1) is 5.92 Å². The van der Waals surface area contributed by atoms with Crippen molar-refractivity contribution in [3.63, 3.8) is 0 Å². The molecule has 7 nitrogen and oxygen atoms in total. The van der Waals surface area contributed by atoms with Crippen molar-refractivity contribution in [1.82, 2.24) is 15.1 Å². The summed E-state index contributed by atoms with van der Waals surface area (Å²) < 4.78 is 13.0. The number of ether oxygens (including phenoxy) is 1. The molecule has 2 N–H and O–H groups in total. The second kappa shape index (κ2) is 6.55. The van der Waals surface area contributed by atoms with E-state index >= 15 is 0 Å². The van der Waals surface area contributed by atoms with Crippen LogP contribution in [0.25, 0.3) is 11.5 Å². The number of carbonyl (C=O) groups excluding carboxylic acids is 1. The molecule has 0 unspecified atom stereocenters. The van der Waals surface area contributed by atoms with Crippen molar-refractivity contribution in [3.05, 3.63) is 24.5 Å². The quantitative estimate of drug-likeness (QED) is 0.871. The third kappa shape index (κ3) is 3.42. The molecule has 1 saturated heterocycles. The highest BCUT2D eigenvalue weighted by Crippen LogP contribution is 2.38. The van der Waals surface area contributed by atoms with E-state index in [0.717, 1.165) is 13.0 Å². The maximum Gasteiger partial charge on any atom is 0.320 e. The molecule has 2 fully saturated rings. The van der Waals surface area contributed by atoms with Gasteiger partial charge in [0.05, 0.1) is 18.4 Å². The van der Waals surface area contributed by atoms with Gasteiger partial charge in [0.25, 0.3) is 0 Å². The van der Waals surface area contributed by atoms with E-state index in [1.165, 1.54) is 12.8 Å². The summed E-state index contributed by atoms with van der Waals surface area (Å²) in [6.45, 7) is 4.77.